The molecule has 2 aromatic carbocycles. The van der Waals surface area contributed by atoms with Gasteiger partial charge in [-0.05, 0) is 87.9 Å². The van der Waals surface area contributed by atoms with Gasteiger partial charge in [-0.3, -0.25) is 0 Å². The van der Waals surface area contributed by atoms with E-state index in [1.54, 1.807) is 17.5 Å². The van der Waals surface area contributed by atoms with E-state index >= 15 is 0 Å². The molecule has 5 rings (SSSR count). The molecule has 41 heavy (non-hydrogen) atoms. The molecule has 0 spiro atoms. The van der Waals surface area contributed by atoms with E-state index in [0.717, 1.165) is 62.8 Å². The molecule has 214 valence electrons. The van der Waals surface area contributed by atoms with Gasteiger partial charge in [0.1, 0.15) is 12.4 Å². The maximum Gasteiger partial charge on any atom is 0.340 e. The Morgan fingerprint density at radius 2 is 1.88 bits per heavy atom. The summed E-state index contributed by atoms with van der Waals surface area (Å²) in [5, 5.41) is 0. The third kappa shape index (κ3) is 6.80. The van der Waals surface area contributed by atoms with Crippen LogP contribution in [0.15, 0.2) is 66.9 Å². The number of esters is 1. The van der Waals surface area contributed by atoms with Crippen LogP contribution in [0.3, 0.4) is 0 Å². The fourth-order valence-corrected chi connectivity index (χ4v) is 6.24. The Kier molecular flexibility index (Phi) is 8.76. The van der Waals surface area contributed by atoms with E-state index in [1.807, 2.05) is 83.1 Å². The molecular weight excluding hydrogens is 534 g/mol. The fourth-order valence-electron chi connectivity index (χ4n) is 5.04. The number of carbonyl (C=O) groups excluding carboxylic acids is 1. The minimum Gasteiger partial charge on any atom is -0.493 e. The van der Waals surface area contributed by atoms with Gasteiger partial charge in [-0.1, -0.05) is 36.4 Å². The number of hydrogen-bond acceptors (Lipinski definition) is 7. The number of benzene rings is 2. The Morgan fingerprint density at radius 3 is 2.63 bits per heavy atom. The topological polar surface area (TPSA) is 66.9 Å². The van der Waals surface area contributed by atoms with E-state index in [-0.39, 0.29) is 12.6 Å². The predicted molar refractivity (Wildman–Crippen MR) is 163 cm³/mol. The zero-order valence-electron chi connectivity index (χ0n) is 24.4. The smallest absolute Gasteiger partial charge is 0.340 e. The first-order chi connectivity index (χ1) is 19.7. The lowest BCUT2D eigenvalue weighted by atomic mass is 9.92. The molecule has 2 aromatic heterocycles. The van der Waals surface area contributed by atoms with Gasteiger partial charge >= 0.3 is 5.97 Å². The van der Waals surface area contributed by atoms with Gasteiger partial charge < -0.3 is 18.9 Å². The first kappa shape index (κ1) is 28.8. The molecule has 1 aliphatic heterocycles. The summed E-state index contributed by atoms with van der Waals surface area (Å²) in [5.74, 6) is 1.07. The summed E-state index contributed by atoms with van der Waals surface area (Å²) in [4.78, 5) is 19.9. The molecule has 0 radical (unpaired) electrons. The summed E-state index contributed by atoms with van der Waals surface area (Å²) in [7, 11) is 0. The van der Waals surface area contributed by atoms with Crippen LogP contribution >= 0.6 is 11.3 Å². The molecule has 3 heterocycles. The summed E-state index contributed by atoms with van der Waals surface area (Å²) in [5.41, 5.74) is 5.44. The number of pyridine rings is 1. The SMILES string of the molecule is CCOC(=O)C(OC(C)(C)C)c1c(C)sc(-c2ccnc(OCc3ccccc3)c2)c1-c1ccc2c(c1)CCCO2. The van der Waals surface area contributed by atoms with E-state index in [1.165, 1.54) is 5.56 Å². The largest absolute Gasteiger partial charge is 0.493 e. The standard InChI is InChI=1S/C34H37NO5S/c1-6-37-33(36)31(40-34(3,4)5)29-22(2)41-32(30(29)25-14-15-27-24(19-25)13-10-18-38-27)26-16-17-35-28(20-26)39-21-23-11-8-7-9-12-23/h7-9,11-12,14-17,19-20,31H,6,10,13,18,21H2,1-5H3. The number of hydrogen-bond donors (Lipinski definition) is 0. The number of aryl methyl sites for hydroxylation is 2. The summed E-state index contributed by atoms with van der Waals surface area (Å²) < 4.78 is 23.9. The maximum absolute atomic E-state index is 13.4. The zero-order valence-corrected chi connectivity index (χ0v) is 25.2. The van der Waals surface area contributed by atoms with Crippen molar-refractivity contribution in [2.24, 2.45) is 0 Å². The quantitative estimate of drug-likeness (QED) is 0.189. The van der Waals surface area contributed by atoms with Crippen LogP contribution in [0, 0.1) is 6.92 Å². The highest BCUT2D eigenvalue weighted by atomic mass is 32.1. The molecule has 0 amide bonds. The average molecular weight is 572 g/mol. The Labute approximate surface area is 246 Å². The van der Waals surface area contributed by atoms with Gasteiger partial charge in [-0.15, -0.1) is 11.3 Å². The van der Waals surface area contributed by atoms with Gasteiger partial charge in [-0.25, -0.2) is 9.78 Å². The highest BCUT2D eigenvalue weighted by Gasteiger charge is 2.35. The molecule has 0 saturated heterocycles. The number of fused-ring (bicyclic) bond motifs is 1. The second-order valence-electron chi connectivity index (χ2n) is 11.1. The highest BCUT2D eigenvalue weighted by Crippen LogP contribution is 2.48. The first-order valence-electron chi connectivity index (χ1n) is 14.1. The second kappa shape index (κ2) is 12.5. The summed E-state index contributed by atoms with van der Waals surface area (Å²) in [6.07, 6.45) is 2.81. The molecule has 0 saturated carbocycles. The summed E-state index contributed by atoms with van der Waals surface area (Å²) >= 11 is 1.64. The predicted octanol–water partition coefficient (Wildman–Crippen LogP) is 8.11. The van der Waals surface area contributed by atoms with Crippen LogP contribution in [-0.2, 0) is 27.3 Å². The Bertz CT molecular complexity index is 1510. The summed E-state index contributed by atoms with van der Waals surface area (Å²) in [6.45, 7) is 11.2. The molecule has 4 aromatic rings. The molecule has 7 heteroatoms. The van der Waals surface area contributed by atoms with E-state index in [9.17, 15) is 4.79 Å². The van der Waals surface area contributed by atoms with Crippen molar-refractivity contribution in [3.8, 4) is 33.2 Å². The number of thiophene rings is 1. The first-order valence-corrected chi connectivity index (χ1v) is 14.9. The van der Waals surface area contributed by atoms with E-state index in [4.69, 9.17) is 18.9 Å². The minimum absolute atomic E-state index is 0.275. The van der Waals surface area contributed by atoms with E-state index in [0.29, 0.717) is 12.5 Å². The second-order valence-corrected chi connectivity index (χ2v) is 12.3. The third-order valence-electron chi connectivity index (χ3n) is 6.79. The lowest BCUT2D eigenvalue weighted by molar-refractivity contribution is -0.166. The van der Waals surface area contributed by atoms with Gasteiger partial charge in [0.05, 0.1) is 18.8 Å². The van der Waals surface area contributed by atoms with Crippen LogP contribution < -0.4 is 9.47 Å². The van der Waals surface area contributed by atoms with Crippen molar-refractivity contribution < 1.29 is 23.7 Å². The average Bonchev–Trinajstić information content (AvgIpc) is 3.31. The van der Waals surface area contributed by atoms with E-state index in [2.05, 4.69) is 17.1 Å². The fraction of sp³-hybridized carbons (Fsp3) is 0.353. The third-order valence-corrected chi connectivity index (χ3v) is 7.96. The van der Waals surface area contributed by atoms with Crippen molar-refractivity contribution in [1.29, 1.82) is 0 Å². The Hall–Kier alpha value is -3.68. The minimum atomic E-state index is -0.877. The number of nitrogens with zero attached hydrogens (tertiary/aromatic N) is 1. The van der Waals surface area contributed by atoms with Crippen LogP contribution in [0.1, 0.15) is 61.8 Å². The van der Waals surface area contributed by atoms with Crippen molar-refractivity contribution in [2.45, 2.75) is 65.8 Å². The number of aromatic nitrogens is 1. The normalized spacial score (nSPS) is 13.7. The lowest BCUT2D eigenvalue weighted by Crippen LogP contribution is -2.29. The molecule has 0 N–H and O–H groups in total. The Balaban J connectivity index is 1.63. The highest BCUT2D eigenvalue weighted by molar-refractivity contribution is 7.16. The molecule has 1 unspecified atom stereocenters. The Morgan fingerprint density at radius 1 is 1.07 bits per heavy atom. The maximum atomic E-state index is 13.4. The summed E-state index contributed by atoms with van der Waals surface area (Å²) in [6, 6.07) is 20.3. The van der Waals surface area contributed by atoms with Crippen molar-refractivity contribution in [3.63, 3.8) is 0 Å². The van der Waals surface area contributed by atoms with Gasteiger partial charge in [0, 0.05) is 33.1 Å². The molecule has 6 nitrogen and oxygen atoms in total. The molecule has 1 aliphatic rings. The van der Waals surface area contributed by atoms with Gasteiger partial charge in [-0.2, -0.15) is 0 Å². The van der Waals surface area contributed by atoms with Crippen molar-refractivity contribution >= 4 is 17.3 Å². The van der Waals surface area contributed by atoms with Crippen molar-refractivity contribution in [3.05, 3.63) is 88.4 Å². The van der Waals surface area contributed by atoms with Crippen molar-refractivity contribution in [1.82, 2.24) is 4.98 Å². The van der Waals surface area contributed by atoms with Crippen molar-refractivity contribution in [2.75, 3.05) is 13.2 Å². The molecular formula is C34H37NO5S. The number of carbonyl (C=O) groups is 1. The monoisotopic (exact) mass is 571 g/mol. The van der Waals surface area contributed by atoms with E-state index < -0.39 is 11.7 Å². The molecule has 0 fully saturated rings. The number of rotatable bonds is 9. The molecule has 1 atom stereocenters. The van der Waals surface area contributed by atoms with Crippen LogP contribution in [0.4, 0.5) is 0 Å². The van der Waals surface area contributed by atoms with Gasteiger partial charge in [0.2, 0.25) is 5.88 Å². The van der Waals surface area contributed by atoms with Crippen LogP contribution in [0.2, 0.25) is 0 Å². The molecule has 0 aliphatic carbocycles. The zero-order chi connectivity index (χ0) is 29.0. The number of ether oxygens (including phenoxy) is 4. The van der Waals surface area contributed by atoms with Gasteiger partial charge in [0.25, 0.3) is 0 Å². The molecule has 0 bridgehead atoms. The van der Waals surface area contributed by atoms with Crippen LogP contribution in [0.5, 0.6) is 11.6 Å². The van der Waals surface area contributed by atoms with Crippen LogP contribution in [0.25, 0.3) is 21.6 Å². The van der Waals surface area contributed by atoms with Crippen LogP contribution in [-0.4, -0.2) is 29.8 Å². The lowest BCUT2D eigenvalue weighted by Gasteiger charge is -2.27. The van der Waals surface area contributed by atoms with Gasteiger partial charge in [0.15, 0.2) is 6.10 Å².